The van der Waals surface area contributed by atoms with Gasteiger partial charge in [-0.1, -0.05) is 13.0 Å². The van der Waals surface area contributed by atoms with Crippen molar-refractivity contribution in [1.29, 1.82) is 5.26 Å². The highest BCUT2D eigenvalue weighted by Gasteiger charge is 2.24. The molecule has 1 unspecified atom stereocenters. The second-order valence-electron chi connectivity index (χ2n) is 3.49. The van der Waals surface area contributed by atoms with Crippen LogP contribution in [0.1, 0.15) is 29.7 Å². The Morgan fingerprint density at radius 1 is 1.57 bits per heavy atom. The number of benzene rings is 1. The van der Waals surface area contributed by atoms with E-state index in [2.05, 4.69) is 6.07 Å². The predicted molar refractivity (Wildman–Crippen MR) is 56.9 cm³/mol. The largest absolute Gasteiger partial charge is 0.387 e. The van der Waals surface area contributed by atoms with Crippen LogP contribution in [0.2, 0.25) is 0 Å². The van der Waals surface area contributed by atoms with Crippen LogP contribution in [0.15, 0.2) is 18.2 Å². The number of rotatable bonds is 0. The molecule has 0 amide bonds. The number of nitriles is 1. The van der Waals surface area contributed by atoms with Crippen molar-refractivity contribution < 1.29 is 5.11 Å². The lowest BCUT2D eigenvalue weighted by molar-refractivity contribution is 0.177. The van der Waals surface area contributed by atoms with Crippen molar-refractivity contribution in [3.8, 4) is 6.07 Å². The lowest BCUT2D eigenvalue weighted by atomic mass is 9.99. The van der Waals surface area contributed by atoms with Gasteiger partial charge in [0.1, 0.15) is 0 Å². The van der Waals surface area contributed by atoms with E-state index in [1.165, 1.54) is 0 Å². The number of hydrogen-bond donors (Lipinski definition) is 1. The van der Waals surface area contributed by atoms with Crippen molar-refractivity contribution >= 4 is 11.8 Å². The van der Waals surface area contributed by atoms with E-state index in [1.807, 2.05) is 19.1 Å². The molecule has 0 aliphatic carbocycles. The summed E-state index contributed by atoms with van der Waals surface area (Å²) in [5, 5.41) is 18.9. The average molecular weight is 205 g/mol. The lowest BCUT2D eigenvalue weighted by Crippen LogP contribution is -2.18. The summed E-state index contributed by atoms with van der Waals surface area (Å²) in [5.74, 6) is 0.892. The third kappa shape index (κ3) is 1.52. The Kier molecular flexibility index (Phi) is 2.49. The molecule has 1 aliphatic rings. The maximum atomic E-state index is 9.89. The van der Waals surface area contributed by atoms with Gasteiger partial charge in [0.05, 0.1) is 17.7 Å². The van der Waals surface area contributed by atoms with Gasteiger partial charge in [0.2, 0.25) is 0 Å². The van der Waals surface area contributed by atoms with Gasteiger partial charge in [-0.3, -0.25) is 0 Å². The van der Waals surface area contributed by atoms with Crippen molar-refractivity contribution in [2.24, 2.45) is 0 Å². The standard InChI is InChI=1S/C11H11NOS/c1-7-11(13)10-3-2-8(5-12)4-9(10)6-14-7/h2-4,7,11,13H,6H2,1H3/t7-,11?/m0/s1. The van der Waals surface area contributed by atoms with Crippen LogP contribution in [0, 0.1) is 11.3 Å². The Labute approximate surface area is 87.6 Å². The Bertz CT molecular complexity index is 397. The van der Waals surface area contributed by atoms with E-state index >= 15 is 0 Å². The summed E-state index contributed by atoms with van der Waals surface area (Å²) >= 11 is 1.73. The zero-order chi connectivity index (χ0) is 10.1. The molecule has 1 aliphatic heterocycles. The fourth-order valence-corrected chi connectivity index (χ4v) is 2.68. The molecular weight excluding hydrogens is 194 g/mol. The molecule has 2 atom stereocenters. The van der Waals surface area contributed by atoms with Crippen molar-refractivity contribution in [1.82, 2.24) is 0 Å². The van der Waals surface area contributed by atoms with E-state index in [0.29, 0.717) is 5.56 Å². The topological polar surface area (TPSA) is 44.0 Å². The quantitative estimate of drug-likeness (QED) is 0.706. The van der Waals surface area contributed by atoms with Crippen molar-refractivity contribution in [3.63, 3.8) is 0 Å². The van der Waals surface area contributed by atoms with Gasteiger partial charge in [-0.05, 0) is 23.3 Å². The van der Waals surface area contributed by atoms with Crippen LogP contribution in [-0.4, -0.2) is 10.4 Å². The molecule has 1 aromatic carbocycles. The van der Waals surface area contributed by atoms with E-state index in [4.69, 9.17) is 5.26 Å². The van der Waals surface area contributed by atoms with E-state index in [1.54, 1.807) is 17.8 Å². The third-order valence-electron chi connectivity index (χ3n) is 2.54. The molecule has 0 spiro atoms. The second-order valence-corrected chi connectivity index (χ2v) is 4.85. The molecule has 14 heavy (non-hydrogen) atoms. The van der Waals surface area contributed by atoms with Crippen molar-refractivity contribution in [2.75, 3.05) is 0 Å². The summed E-state index contributed by atoms with van der Waals surface area (Å²) < 4.78 is 0. The number of thioether (sulfide) groups is 1. The smallest absolute Gasteiger partial charge is 0.0991 e. The minimum atomic E-state index is -0.392. The normalized spacial score (nSPS) is 25.2. The summed E-state index contributed by atoms with van der Waals surface area (Å²) in [5.41, 5.74) is 2.75. The van der Waals surface area contributed by atoms with Crippen molar-refractivity contribution in [2.45, 2.75) is 24.0 Å². The number of aliphatic hydroxyl groups is 1. The van der Waals surface area contributed by atoms with Crippen LogP contribution >= 0.6 is 11.8 Å². The van der Waals surface area contributed by atoms with Gasteiger partial charge in [-0.25, -0.2) is 0 Å². The highest BCUT2D eigenvalue weighted by Crippen LogP contribution is 2.37. The number of nitrogens with zero attached hydrogens (tertiary/aromatic N) is 1. The first kappa shape index (κ1) is 9.57. The Balaban J connectivity index is 2.45. The molecule has 1 N–H and O–H groups in total. The number of aliphatic hydroxyl groups excluding tert-OH is 1. The third-order valence-corrected chi connectivity index (χ3v) is 3.80. The first-order chi connectivity index (χ1) is 6.72. The summed E-state index contributed by atoms with van der Waals surface area (Å²) in [6.45, 7) is 2.02. The van der Waals surface area contributed by atoms with Crippen molar-refractivity contribution in [3.05, 3.63) is 34.9 Å². The zero-order valence-corrected chi connectivity index (χ0v) is 8.71. The van der Waals surface area contributed by atoms with E-state index in [0.717, 1.165) is 16.9 Å². The highest BCUT2D eigenvalue weighted by molar-refractivity contribution is 7.99. The summed E-state index contributed by atoms with van der Waals surface area (Å²) in [7, 11) is 0. The van der Waals surface area contributed by atoms with Gasteiger partial charge in [0.15, 0.2) is 0 Å². The van der Waals surface area contributed by atoms with Gasteiger partial charge in [-0.15, -0.1) is 0 Å². The molecule has 2 rings (SSSR count). The van der Waals surface area contributed by atoms with Gasteiger partial charge in [-0.2, -0.15) is 17.0 Å². The van der Waals surface area contributed by atoms with E-state index in [-0.39, 0.29) is 5.25 Å². The minimum absolute atomic E-state index is 0.246. The summed E-state index contributed by atoms with van der Waals surface area (Å²) in [6, 6.07) is 7.62. The first-order valence-corrected chi connectivity index (χ1v) is 5.60. The van der Waals surface area contributed by atoms with Crippen LogP contribution in [0.5, 0.6) is 0 Å². The fraction of sp³-hybridized carbons (Fsp3) is 0.364. The monoisotopic (exact) mass is 205 g/mol. The Morgan fingerprint density at radius 2 is 2.36 bits per heavy atom. The molecule has 2 nitrogen and oxygen atoms in total. The minimum Gasteiger partial charge on any atom is -0.387 e. The molecule has 0 fully saturated rings. The molecular formula is C11H11NOS. The van der Waals surface area contributed by atoms with Crippen LogP contribution < -0.4 is 0 Å². The van der Waals surface area contributed by atoms with Gasteiger partial charge >= 0.3 is 0 Å². The van der Waals surface area contributed by atoms with Crippen LogP contribution in [0.4, 0.5) is 0 Å². The van der Waals surface area contributed by atoms with E-state index < -0.39 is 6.10 Å². The van der Waals surface area contributed by atoms with E-state index in [9.17, 15) is 5.11 Å². The summed E-state index contributed by atoms with van der Waals surface area (Å²) in [6.07, 6.45) is -0.392. The maximum Gasteiger partial charge on any atom is 0.0991 e. The zero-order valence-electron chi connectivity index (χ0n) is 7.90. The predicted octanol–water partition coefficient (Wildman–Crippen LogP) is 2.23. The lowest BCUT2D eigenvalue weighted by Gasteiger charge is -2.26. The fourth-order valence-electron chi connectivity index (χ4n) is 1.65. The number of fused-ring (bicyclic) bond motifs is 1. The molecule has 72 valence electrons. The molecule has 0 saturated carbocycles. The summed E-state index contributed by atoms with van der Waals surface area (Å²) in [4.78, 5) is 0. The van der Waals surface area contributed by atoms with Crippen LogP contribution in [0.3, 0.4) is 0 Å². The van der Waals surface area contributed by atoms with Crippen LogP contribution in [0.25, 0.3) is 0 Å². The molecule has 0 saturated heterocycles. The second kappa shape index (κ2) is 3.64. The Hall–Kier alpha value is -0.980. The van der Waals surface area contributed by atoms with Gasteiger partial charge in [0, 0.05) is 11.0 Å². The molecule has 1 aromatic rings. The molecule has 0 radical (unpaired) electrons. The molecule has 0 bridgehead atoms. The highest BCUT2D eigenvalue weighted by atomic mass is 32.2. The van der Waals surface area contributed by atoms with Gasteiger partial charge in [0.25, 0.3) is 0 Å². The first-order valence-electron chi connectivity index (χ1n) is 4.55. The van der Waals surface area contributed by atoms with Gasteiger partial charge < -0.3 is 5.11 Å². The average Bonchev–Trinajstić information content (AvgIpc) is 2.23. The molecule has 1 heterocycles. The van der Waals surface area contributed by atoms with Crippen LogP contribution in [-0.2, 0) is 5.75 Å². The number of hydrogen-bond acceptors (Lipinski definition) is 3. The SMILES string of the molecule is C[C@@H]1SCc2cc(C#N)ccc2C1O. The molecule has 3 heteroatoms. The Morgan fingerprint density at radius 3 is 3.07 bits per heavy atom. The molecule has 0 aromatic heterocycles. The maximum absolute atomic E-state index is 9.89.